The van der Waals surface area contributed by atoms with E-state index in [2.05, 4.69) is 27.0 Å². The third-order valence-electron chi connectivity index (χ3n) is 5.14. The minimum absolute atomic E-state index is 0.695. The third-order valence-corrected chi connectivity index (χ3v) is 5.37. The normalized spacial score (nSPS) is 24.9. The lowest BCUT2D eigenvalue weighted by Gasteiger charge is -2.21. The summed E-state index contributed by atoms with van der Waals surface area (Å²) in [7, 11) is 2.21. The first-order valence-corrected chi connectivity index (χ1v) is 8.29. The SMILES string of the molecule is CN1CC2CN(c3nc4ccc(Cl)cc4n4cnnc34)CC2C1. The number of likely N-dealkylation sites (tertiary alicyclic amines) is 1. The molecule has 7 heteroatoms. The molecule has 2 aliphatic heterocycles. The Bertz CT molecular complexity index is 892. The fourth-order valence-electron chi connectivity index (χ4n) is 4.12. The second-order valence-corrected chi connectivity index (χ2v) is 7.18. The summed E-state index contributed by atoms with van der Waals surface area (Å²) in [5.74, 6) is 2.39. The molecule has 0 N–H and O–H groups in total. The minimum atomic E-state index is 0.695. The van der Waals surface area contributed by atoms with Gasteiger partial charge in [-0.05, 0) is 37.1 Å². The molecular weight excluding hydrogens is 312 g/mol. The average Bonchev–Trinajstić information content (AvgIpc) is 3.20. The molecule has 0 saturated carbocycles. The van der Waals surface area contributed by atoms with Gasteiger partial charge in [0.05, 0.1) is 11.0 Å². The molecule has 2 aliphatic rings. The Hall–Kier alpha value is -1.92. The van der Waals surface area contributed by atoms with Crippen molar-refractivity contribution >= 4 is 34.1 Å². The zero-order valence-corrected chi connectivity index (χ0v) is 13.6. The van der Waals surface area contributed by atoms with E-state index in [4.69, 9.17) is 16.6 Å². The average molecular weight is 329 g/mol. The number of rotatable bonds is 1. The van der Waals surface area contributed by atoms with Gasteiger partial charge in [-0.15, -0.1) is 10.2 Å². The Morgan fingerprint density at radius 2 is 1.91 bits per heavy atom. The van der Waals surface area contributed by atoms with Crippen LogP contribution in [0.15, 0.2) is 24.5 Å². The molecule has 118 valence electrons. The van der Waals surface area contributed by atoms with Gasteiger partial charge in [0.1, 0.15) is 6.33 Å². The first kappa shape index (κ1) is 13.5. The van der Waals surface area contributed by atoms with Crippen molar-refractivity contribution in [1.29, 1.82) is 0 Å². The van der Waals surface area contributed by atoms with Crippen molar-refractivity contribution in [3.8, 4) is 0 Å². The molecule has 0 bridgehead atoms. The molecule has 0 amide bonds. The molecule has 5 rings (SSSR count). The maximum atomic E-state index is 6.13. The van der Waals surface area contributed by atoms with Gasteiger partial charge in [-0.2, -0.15) is 0 Å². The summed E-state index contributed by atoms with van der Waals surface area (Å²) in [5, 5.41) is 9.09. The van der Waals surface area contributed by atoms with Crippen molar-refractivity contribution in [2.75, 3.05) is 38.1 Å². The van der Waals surface area contributed by atoms with E-state index in [9.17, 15) is 0 Å². The number of hydrogen-bond acceptors (Lipinski definition) is 5. The van der Waals surface area contributed by atoms with Gasteiger partial charge in [-0.3, -0.25) is 4.40 Å². The summed E-state index contributed by atoms with van der Waals surface area (Å²) in [6.07, 6.45) is 1.74. The van der Waals surface area contributed by atoms with E-state index in [1.165, 1.54) is 13.1 Å². The topological polar surface area (TPSA) is 49.6 Å². The number of halogens is 1. The van der Waals surface area contributed by atoms with Gasteiger partial charge in [-0.1, -0.05) is 11.6 Å². The van der Waals surface area contributed by atoms with Crippen molar-refractivity contribution in [2.45, 2.75) is 0 Å². The highest BCUT2D eigenvalue weighted by atomic mass is 35.5. The number of anilines is 1. The molecule has 3 aromatic rings. The van der Waals surface area contributed by atoms with Gasteiger partial charge in [0.15, 0.2) is 5.82 Å². The Morgan fingerprint density at radius 1 is 1.13 bits per heavy atom. The fraction of sp³-hybridized carbons (Fsp3) is 0.438. The highest BCUT2D eigenvalue weighted by molar-refractivity contribution is 6.31. The smallest absolute Gasteiger partial charge is 0.204 e. The molecule has 6 nitrogen and oxygen atoms in total. The molecule has 2 fully saturated rings. The van der Waals surface area contributed by atoms with Crippen LogP contribution in [-0.4, -0.2) is 57.7 Å². The van der Waals surface area contributed by atoms with Crippen LogP contribution < -0.4 is 4.90 Å². The van der Waals surface area contributed by atoms with Gasteiger partial charge in [0.2, 0.25) is 5.65 Å². The molecule has 2 atom stereocenters. The summed E-state index contributed by atoms with van der Waals surface area (Å²) in [4.78, 5) is 9.68. The summed E-state index contributed by atoms with van der Waals surface area (Å²) < 4.78 is 1.99. The van der Waals surface area contributed by atoms with E-state index >= 15 is 0 Å². The Balaban J connectivity index is 1.64. The van der Waals surface area contributed by atoms with Crippen molar-refractivity contribution in [2.24, 2.45) is 11.8 Å². The molecular formula is C16H17ClN6. The van der Waals surface area contributed by atoms with Gasteiger partial charge >= 0.3 is 0 Å². The molecule has 4 heterocycles. The van der Waals surface area contributed by atoms with E-state index in [-0.39, 0.29) is 0 Å². The van der Waals surface area contributed by atoms with E-state index in [0.717, 1.165) is 47.4 Å². The highest BCUT2D eigenvalue weighted by Gasteiger charge is 2.39. The molecule has 0 spiro atoms. The van der Waals surface area contributed by atoms with Crippen molar-refractivity contribution in [1.82, 2.24) is 24.5 Å². The standard InChI is InChI=1S/C16H17ClN6/c1-21-5-10-7-22(8-11(10)6-21)15-16-20-18-9-23(16)14-4-12(17)2-3-13(14)19-15/h2-4,9-11H,5-8H2,1H3. The van der Waals surface area contributed by atoms with Crippen LogP contribution in [0.1, 0.15) is 0 Å². The number of fused-ring (bicyclic) bond motifs is 4. The lowest BCUT2D eigenvalue weighted by atomic mass is 10.0. The van der Waals surface area contributed by atoms with Crippen LogP contribution >= 0.6 is 11.6 Å². The molecule has 1 aromatic carbocycles. The third kappa shape index (κ3) is 2.01. The van der Waals surface area contributed by atoms with Gasteiger partial charge in [-0.25, -0.2) is 4.98 Å². The van der Waals surface area contributed by atoms with Crippen molar-refractivity contribution in [3.63, 3.8) is 0 Å². The Labute approximate surface area is 138 Å². The second kappa shape index (κ2) is 4.79. The minimum Gasteiger partial charge on any atom is -0.353 e. The van der Waals surface area contributed by atoms with Gasteiger partial charge < -0.3 is 9.80 Å². The van der Waals surface area contributed by atoms with Crippen LogP contribution in [0.4, 0.5) is 5.82 Å². The number of benzene rings is 1. The van der Waals surface area contributed by atoms with Crippen molar-refractivity contribution < 1.29 is 0 Å². The fourth-order valence-corrected chi connectivity index (χ4v) is 4.29. The highest BCUT2D eigenvalue weighted by Crippen LogP contribution is 2.34. The maximum absolute atomic E-state index is 6.13. The first-order valence-electron chi connectivity index (χ1n) is 7.91. The second-order valence-electron chi connectivity index (χ2n) is 6.74. The van der Waals surface area contributed by atoms with Gasteiger partial charge in [0, 0.05) is 31.2 Å². The Kier molecular flexibility index (Phi) is 2.81. The predicted molar refractivity (Wildman–Crippen MR) is 90.0 cm³/mol. The van der Waals surface area contributed by atoms with E-state index in [1.54, 1.807) is 6.33 Å². The zero-order valence-electron chi connectivity index (χ0n) is 12.9. The summed E-state index contributed by atoms with van der Waals surface area (Å²) >= 11 is 6.13. The molecule has 2 unspecified atom stereocenters. The molecule has 2 aromatic heterocycles. The number of nitrogens with zero attached hydrogens (tertiary/aromatic N) is 6. The van der Waals surface area contributed by atoms with E-state index in [1.807, 2.05) is 22.6 Å². The first-order chi connectivity index (χ1) is 11.2. The van der Waals surface area contributed by atoms with Crippen LogP contribution in [0.3, 0.4) is 0 Å². The summed E-state index contributed by atoms with van der Waals surface area (Å²) in [6.45, 7) is 4.44. The van der Waals surface area contributed by atoms with E-state index in [0.29, 0.717) is 5.02 Å². The lowest BCUT2D eigenvalue weighted by molar-refractivity contribution is 0.387. The largest absolute Gasteiger partial charge is 0.353 e. The van der Waals surface area contributed by atoms with Crippen molar-refractivity contribution in [3.05, 3.63) is 29.5 Å². The van der Waals surface area contributed by atoms with Crippen LogP contribution in [-0.2, 0) is 0 Å². The van der Waals surface area contributed by atoms with Crippen LogP contribution in [0.2, 0.25) is 5.02 Å². The van der Waals surface area contributed by atoms with E-state index < -0.39 is 0 Å². The maximum Gasteiger partial charge on any atom is 0.204 e. The van der Waals surface area contributed by atoms with Crippen LogP contribution in [0.5, 0.6) is 0 Å². The molecule has 0 radical (unpaired) electrons. The summed E-state index contributed by atoms with van der Waals surface area (Å²) in [5.41, 5.74) is 2.68. The molecule has 2 saturated heterocycles. The molecule has 0 aliphatic carbocycles. The quantitative estimate of drug-likeness (QED) is 0.683. The monoisotopic (exact) mass is 328 g/mol. The van der Waals surface area contributed by atoms with Crippen LogP contribution in [0.25, 0.3) is 16.7 Å². The Morgan fingerprint density at radius 3 is 2.70 bits per heavy atom. The van der Waals surface area contributed by atoms with Gasteiger partial charge in [0.25, 0.3) is 0 Å². The zero-order chi connectivity index (χ0) is 15.6. The number of aromatic nitrogens is 4. The number of hydrogen-bond donors (Lipinski definition) is 0. The lowest BCUT2D eigenvalue weighted by Crippen LogP contribution is -2.27. The predicted octanol–water partition coefficient (Wildman–Crippen LogP) is 1.93. The molecule has 23 heavy (non-hydrogen) atoms. The van der Waals surface area contributed by atoms with Crippen LogP contribution in [0, 0.1) is 11.8 Å². The summed E-state index contributed by atoms with van der Waals surface area (Å²) in [6, 6.07) is 5.76.